The highest BCUT2D eigenvalue weighted by atomic mass is 16.5. The Morgan fingerprint density at radius 2 is 2.28 bits per heavy atom. The fraction of sp³-hybridized carbons (Fsp3) is 0.722. The Kier molecular flexibility index (Phi) is 7.01. The van der Waals surface area contributed by atoms with Crippen molar-refractivity contribution in [1.82, 2.24) is 21.2 Å². The Hall–Kier alpha value is -1.25. The van der Waals surface area contributed by atoms with Crippen LogP contribution in [-0.2, 0) is 4.74 Å². The summed E-state index contributed by atoms with van der Waals surface area (Å²) in [6, 6.07) is 6.48. The van der Waals surface area contributed by atoms with E-state index in [1.165, 1.54) is 12.8 Å². The molecule has 7 heteroatoms. The maximum absolute atomic E-state index is 10.1. The lowest BCUT2D eigenvalue weighted by atomic mass is 9.80. The minimum absolute atomic E-state index is 0.221. The molecule has 2 heterocycles. The molecule has 0 amide bonds. The molecule has 0 spiro atoms. The molecule has 140 valence electrons. The smallest absolute Gasteiger partial charge is 0.213 e. The zero-order valence-corrected chi connectivity index (χ0v) is 14.9. The second-order valence-electron chi connectivity index (χ2n) is 6.94. The number of aromatic nitrogens is 1. The molecule has 0 aromatic carbocycles. The molecule has 1 saturated heterocycles. The minimum Gasteiger partial charge on any atom is -0.476 e. The normalized spacial score (nSPS) is 30.0. The molecular formula is C18H30N4O3. The number of aliphatic hydroxyl groups is 1. The molecule has 4 unspecified atom stereocenters. The summed E-state index contributed by atoms with van der Waals surface area (Å²) in [6.07, 6.45) is 4.86. The van der Waals surface area contributed by atoms with Gasteiger partial charge in [-0.3, -0.25) is 10.9 Å². The van der Waals surface area contributed by atoms with E-state index >= 15 is 0 Å². The molecule has 0 radical (unpaired) electrons. The maximum atomic E-state index is 10.1. The second kappa shape index (κ2) is 9.45. The Balaban J connectivity index is 1.28. The van der Waals surface area contributed by atoms with Crippen LogP contribution in [0.2, 0.25) is 0 Å². The topological polar surface area (TPSA) is 87.7 Å². The summed E-state index contributed by atoms with van der Waals surface area (Å²) in [7, 11) is 0. The first-order valence-electron chi connectivity index (χ1n) is 9.29. The highest BCUT2D eigenvalue weighted by Gasteiger charge is 2.41. The van der Waals surface area contributed by atoms with Gasteiger partial charge in [-0.1, -0.05) is 6.07 Å². The van der Waals surface area contributed by atoms with Crippen molar-refractivity contribution in [3.63, 3.8) is 0 Å². The zero-order valence-electron chi connectivity index (χ0n) is 14.9. The van der Waals surface area contributed by atoms with Crippen LogP contribution < -0.4 is 20.9 Å². The van der Waals surface area contributed by atoms with E-state index in [2.05, 4.69) is 28.1 Å². The summed E-state index contributed by atoms with van der Waals surface area (Å²) in [4.78, 5) is 4.10. The van der Waals surface area contributed by atoms with Gasteiger partial charge in [0.25, 0.3) is 0 Å². The summed E-state index contributed by atoms with van der Waals surface area (Å²) in [5.74, 6) is 1.11. The van der Waals surface area contributed by atoms with Crippen molar-refractivity contribution in [1.29, 1.82) is 0 Å². The summed E-state index contributed by atoms with van der Waals surface area (Å²) in [6.45, 7) is 4.24. The van der Waals surface area contributed by atoms with Crippen molar-refractivity contribution in [2.75, 3.05) is 26.3 Å². The van der Waals surface area contributed by atoms with Crippen LogP contribution in [-0.4, -0.2) is 60.7 Å². The summed E-state index contributed by atoms with van der Waals surface area (Å²) >= 11 is 0. The van der Waals surface area contributed by atoms with Gasteiger partial charge in [-0.2, -0.15) is 0 Å². The van der Waals surface area contributed by atoms with Crippen molar-refractivity contribution < 1.29 is 14.6 Å². The summed E-state index contributed by atoms with van der Waals surface area (Å²) in [5.41, 5.74) is 6.68. The van der Waals surface area contributed by atoms with Crippen LogP contribution >= 0.6 is 0 Å². The predicted molar refractivity (Wildman–Crippen MR) is 95.2 cm³/mol. The molecule has 4 N–H and O–H groups in total. The largest absolute Gasteiger partial charge is 0.476 e. The van der Waals surface area contributed by atoms with Gasteiger partial charge in [-0.05, 0) is 32.3 Å². The van der Waals surface area contributed by atoms with Gasteiger partial charge in [0, 0.05) is 43.4 Å². The van der Waals surface area contributed by atoms with Crippen LogP contribution in [0.3, 0.4) is 0 Å². The van der Waals surface area contributed by atoms with Gasteiger partial charge in [0.15, 0.2) is 0 Å². The Bertz CT molecular complexity index is 502. The summed E-state index contributed by atoms with van der Waals surface area (Å²) < 4.78 is 11.5. The number of pyridine rings is 1. The molecular weight excluding hydrogens is 320 g/mol. The van der Waals surface area contributed by atoms with Gasteiger partial charge < -0.3 is 19.9 Å². The first-order valence-corrected chi connectivity index (χ1v) is 9.29. The monoisotopic (exact) mass is 350 g/mol. The van der Waals surface area contributed by atoms with Crippen LogP contribution in [0.15, 0.2) is 24.4 Å². The number of hydrazine groups is 1. The van der Waals surface area contributed by atoms with Gasteiger partial charge in [0.05, 0.1) is 18.8 Å². The molecule has 1 aromatic rings. The molecule has 1 aliphatic carbocycles. The van der Waals surface area contributed by atoms with Gasteiger partial charge in [-0.25, -0.2) is 4.98 Å². The average molecular weight is 350 g/mol. The van der Waals surface area contributed by atoms with Crippen LogP contribution in [0.5, 0.6) is 5.88 Å². The maximum Gasteiger partial charge on any atom is 0.213 e. The fourth-order valence-corrected chi connectivity index (χ4v) is 3.77. The molecule has 5 atom stereocenters. The number of rotatable bonds is 9. The average Bonchev–Trinajstić information content (AvgIpc) is 3.02. The van der Waals surface area contributed by atoms with Gasteiger partial charge in [0.1, 0.15) is 6.61 Å². The highest BCUT2D eigenvalue weighted by molar-refractivity contribution is 5.08. The van der Waals surface area contributed by atoms with Crippen LogP contribution in [0, 0.1) is 5.92 Å². The van der Waals surface area contributed by atoms with Crippen molar-refractivity contribution in [3.8, 4) is 5.88 Å². The first kappa shape index (κ1) is 18.5. The third-order valence-electron chi connectivity index (χ3n) is 5.02. The molecule has 7 nitrogen and oxygen atoms in total. The zero-order chi connectivity index (χ0) is 17.5. The molecule has 1 aliphatic heterocycles. The quantitative estimate of drug-likeness (QED) is 0.481. The number of hydrogen-bond acceptors (Lipinski definition) is 7. The number of hydrogen-bond donors (Lipinski definition) is 4. The fourth-order valence-electron chi connectivity index (χ4n) is 3.77. The van der Waals surface area contributed by atoms with E-state index < -0.39 is 6.10 Å². The number of ether oxygens (including phenoxy) is 2. The van der Waals surface area contributed by atoms with Crippen molar-refractivity contribution >= 4 is 0 Å². The van der Waals surface area contributed by atoms with E-state index in [0.29, 0.717) is 50.2 Å². The number of aliphatic hydroxyl groups excluding tert-OH is 1. The Morgan fingerprint density at radius 1 is 1.36 bits per heavy atom. The van der Waals surface area contributed by atoms with E-state index in [9.17, 15) is 5.11 Å². The van der Waals surface area contributed by atoms with Crippen LogP contribution in [0.4, 0.5) is 0 Å². The van der Waals surface area contributed by atoms with E-state index in [0.717, 1.165) is 6.42 Å². The van der Waals surface area contributed by atoms with E-state index in [-0.39, 0.29) is 6.10 Å². The number of nitrogens with one attached hydrogen (secondary N) is 3. The van der Waals surface area contributed by atoms with Crippen LogP contribution in [0.25, 0.3) is 0 Å². The standard InChI is InChI=1S/C18H30N4O3/c1-13-18-15(22-21-13)5-4-6-16(18)25-12-14(23)11-19-9-10-24-17-7-2-3-8-20-17/h2-3,7-8,13-16,18-19,21-23H,4-6,9-12H2,1H3/t13?,14-,15?,16?,18?/m0/s1. The third-order valence-corrected chi connectivity index (χ3v) is 5.02. The van der Waals surface area contributed by atoms with Crippen LogP contribution in [0.1, 0.15) is 26.2 Å². The minimum atomic E-state index is -0.507. The van der Waals surface area contributed by atoms with Crippen molar-refractivity contribution in [2.24, 2.45) is 5.92 Å². The van der Waals surface area contributed by atoms with Crippen molar-refractivity contribution in [2.45, 2.75) is 50.5 Å². The molecule has 1 saturated carbocycles. The SMILES string of the molecule is CC1NNC2CCCC(OC[C@@H](O)CNCCOc3ccccn3)C12. The molecule has 1 aromatic heterocycles. The Morgan fingerprint density at radius 3 is 3.12 bits per heavy atom. The van der Waals surface area contributed by atoms with Gasteiger partial charge in [0.2, 0.25) is 5.88 Å². The third kappa shape index (κ3) is 5.36. The highest BCUT2D eigenvalue weighted by Crippen LogP contribution is 2.32. The van der Waals surface area contributed by atoms with Gasteiger partial charge in [-0.15, -0.1) is 0 Å². The lowest BCUT2D eigenvalue weighted by molar-refractivity contribution is -0.0531. The first-order chi connectivity index (χ1) is 12.2. The summed E-state index contributed by atoms with van der Waals surface area (Å²) in [5, 5.41) is 13.3. The lowest BCUT2D eigenvalue weighted by Gasteiger charge is -2.35. The van der Waals surface area contributed by atoms with E-state index in [1.807, 2.05) is 18.2 Å². The predicted octanol–water partition coefficient (Wildman–Crippen LogP) is 0.461. The number of nitrogens with zero attached hydrogens (tertiary/aromatic N) is 1. The van der Waals surface area contributed by atoms with E-state index in [1.54, 1.807) is 6.20 Å². The van der Waals surface area contributed by atoms with E-state index in [4.69, 9.17) is 9.47 Å². The van der Waals surface area contributed by atoms with Gasteiger partial charge >= 0.3 is 0 Å². The molecule has 2 fully saturated rings. The molecule has 3 rings (SSSR count). The van der Waals surface area contributed by atoms with Crippen molar-refractivity contribution in [3.05, 3.63) is 24.4 Å². The molecule has 2 aliphatic rings. The number of fused-ring (bicyclic) bond motifs is 1. The lowest BCUT2D eigenvalue weighted by Crippen LogP contribution is -2.43. The molecule has 25 heavy (non-hydrogen) atoms. The Labute approximate surface area is 149 Å². The molecule has 0 bridgehead atoms. The second-order valence-corrected chi connectivity index (χ2v) is 6.94.